The highest BCUT2D eigenvalue weighted by atomic mass is 19.1. The number of ether oxygens (including phenoxy) is 2. The summed E-state index contributed by atoms with van der Waals surface area (Å²) >= 11 is 0. The predicted molar refractivity (Wildman–Crippen MR) is 143 cm³/mol. The maximum atomic E-state index is 15.3. The van der Waals surface area contributed by atoms with Crippen LogP contribution in [0.3, 0.4) is 0 Å². The largest absolute Gasteiger partial charge is 0.508 e. The van der Waals surface area contributed by atoms with Crippen LogP contribution >= 0.6 is 0 Å². The Morgan fingerprint density at radius 1 is 1.15 bits per heavy atom. The number of carbonyl (C=O) groups excluding carboxylic acids is 2. The van der Waals surface area contributed by atoms with Crippen LogP contribution in [0.15, 0.2) is 21.9 Å². The van der Waals surface area contributed by atoms with Gasteiger partial charge in [-0.05, 0) is 69.4 Å². The van der Waals surface area contributed by atoms with E-state index in [2.05, 4.69) is 5.16 Å². The van der Waals surface area contributed by atoms with Crippen LogP contribution in [0.1, 0.15) is 89.6 Å². The quantitative estimate of drug-likeness (QED) is 0.415. The second kappa shape index (κ2) is 10.6. The van der Waals surface area contributed by atoms with Crippen molar-refractivity contribution < 1.29 is 38.2 Å². The Morgan fingerprint density at radius 2 is 1.82 bits per heavy atom. The van der Waals surface area contributed by atoms with E-state index in [9.17, 15) is 19.8 Å². The topological polar surface area (TPSA) is 122 Å². The summed E-state index contributed by atoms with van der Waals surface area (Å²) in [6.45, 7) is 6.33. The fourth-order valence-corrected chi connectivity index (χ4v) is 6.48. The van der Waals surface area contributed by atoms with Gasteiger partial charge in [-0.2, -0.15) is 0 Å². The fourth-order valence-electron chi connectivity index (χ4n) is 6.48. The molecule has 0 aliphatic heterocycles. The van der Waals surface area contributed by atoms with Gasteiger partial charge in [-0.15, -0.1) is 0 Å². The van der Waals surface area contributed by atoms with Gasteiger partial charge < -0.3 is 24.2 Å². The van der Waals surface area contributed by atoms with Gasteiger partial charge in [0.2, 0.25) is 5.78 Å². The molecule has 0 fully saturated rings. The van der Waals surface area contributed by atoms with Gasteiger partial charge in [0.15, 0.2) is 17.1 Å². The summed E-state index contributed by atoms with van der Waals surface area (Å²) in [6, 6.07) is 0.707. The number of benzene rings is 1. The van der Waals surface area contributed by atoms with Gasteiger partial charge in [-0.25, -0.2) is 4.39 Å². The number of Topliss-reactive ketones (excluding diaryl/α,β-unsaturated/α-hetero) is 2. The number of halogens is 1. The lowest BCUT2D eigenvalue weighted by Crippen LogP contribution is -2.59. The Bertz CT molecular complexity index is 1380. The Balaban J connectivity index is 1.65. The number of fused-ring (bicyclic) bond motifs is 4. The van der Waals surface area contributed by atoms with Crippen molar-refractivity contribution in [2.24, 2.45) is 11.8 Å². The van der Waals surface area contributed by atoms with Crippen LogP contribution in [0.5, 0.6) is 11.6 Å². The van der Waals surface area contributed by atoms with Gasteiger partial charge in [0.25, 0.3) is 5.88 Å². The number of aliphatic hydroxyl groups excluding tert-OH is 1. The second-order valence-electron chi connectivity index (χ2n) is 11.3. The number of rotatable bonds is 9. The van der Waals surface area contributed by atoms with E-state index in [1.54, 1.807) is 25.9 Å². The minimum absolute atomic E-state index is 0.0340. The van der Waals surface area contributed by atoms with Crippen LogP contribution in [0, 0.1) is 24.6 Å². The smallest absolute Gasteiger partial charge is 0.265 e. The molecule has 3 aliphatic carbocycles. The Labute approximate surface area is 232 Å². The molecule has 0 bridgehead atoms. The minimum atomic E-state index is -2.42. The number of aromatic nitrogens is 1. The zero-order chi connectivity index (χ0) is 28.9. The molecule has 3 aliphatic rings. The van der Waals surface area contributed by atoms with E-state index < -0.39 is 46.6 Å². The number of nitrogens with zero attached hydrogens (tertiary/aromatic N) is 2. The third-order valence-corrected chi connectivity index (χ3v) is 8.49. The van der Waals surface area contributed by atoms with E-state index in [0.29, 0.717) is 18.8 Å². The number of aryl methyl sites for hydroxylation is 1. The van der Waals surface area contributed by atoms with E-state index in [-0.39, 0.29) is 52.5 Å². The first-order valence-corrected chi connectivity index (χ1v) is 14.1. The van der Waals surface area contributed by atoms with E-state index in [0.717, 1.165) is 25.7 Å². The van der Waals surface area contributed by atoms with Gasteiger partial charge in [-0.3, -0.25) is 14.5 Å². The lowest BCUT2D eigenvalue weighted by Gasteiger charge is -2.49. The SMILES string of the molecule is CCCCOc1noc2c1C(=O)[C@@]1(O)C(O)=C3C(=O)c4c(c(F)cc(C)c4OCCCC)CC3C[C@H]1[C@@H]2N(C)C. The molecule has 0 radical (unpaired) electrons. The third-order valence-electron chi connectivity index (χ3n) is 8.49. The Kier molecular flexibility index (Phi) is 7.52. The number of hydrogen-bond donors (Lipinski definition) is 2. The van der Waals surface area contributed by atoms with Crippen molar-refractivity contribution in [1.29, 1.82) is 0 Å². The summed E-state index contributed by atoms with van der Waals surface area (Å²) < 4.78 is 32.6. The van der Waals surface area contributed by atoms with Gasteiger partial charge in [0.1, 0.15) is 22.9 Å². The zero-order valence-electron chi connectivity index (χ0n) is 23.7. The number of unbranched alkanes of at least 4 members (excludes halogenated alkanes) is 2. The van der Waals surface area contributed by atoms with Crippen LogP contribution in [-0.2, 0) is 6.42 Å². The number of aliphatic hydroxyl groups is 2. The molecule has 1 unspecified atom stereocenters. The summed E-state index contributed by atoms with van der Waals surface area (Å²) in [5.74, 6) is -3.70. The van der Waals surface area contributed by atoms with Crippen molar-refractivity contribution in [1.82, 2.24) is 10.1 Å². The Morgan fingerprint density at radius 3 is 2.48 bits per heavy atom. The molecule has 4 atom stereocenters. The molecule has 40 heavy (non-hydrogen) atoms. The van der Waals surface area contributed by atoms with Crippen LogP contribution in [0.4, 0.5) is 4.39 Å². The average Bonchev–Trinajstić information content (AvgIpc) is 3.31. The number of carbonyl (C=O) groups is 2. The molecule has 0 saturated heterocycles. The molecule has 2 aromatic rings. The summed E-state index contributed by atoms with van der Waals surface area (Å²) in [5.41, 5.74) is -1.78. The molecule has 0 amide bonds. The zero-order valence-corrected chi connectivity index (χ0v) is 23.7. The lowest BCUT2D eigenvalue weighted by molar-refractivity contribution is -0.0559. The first-order valence-electron chi connectivity index (χ1n) is 14.1. The van der Waals surface area contributed by atoms with Crippen molar-refractivity contribution in [3.05, 3.63) is 51.2 Å². The van der Waals surface area contributed by atoms with Crippen molar-refractivity contribution in [3.63, 3.8) is 0 Å². The highest BCUT2D eigenvalue weighted by Gasteiger charge is 2.64. The van der Waals surface area contributed by atoms with E-state index in [4.69, 9.17) is 14.0 Å². The fraction of sp³-hybridized carbons (Fsp3) is 0.567. The molecule has 1 aromatic heterocycles. The van der Waals surface area contributed by atoms with E-state index in [1.807, 2.05) is 13.8 Å². The second-order valence-corrected chi connectivity index (χ2v) is 11.3. The maximum Gasteiger partial charge on any atom is 0.265 e. The molecule has 1 heterocycles. The van der Waals surface area contributed by atoms with Crippen molar-refractivity contribution in [3.8, 4) is 11.6 Å². The molecule has 1 aromatic carbocycles. The molecule has 0 saturated carbocycles. The van der Waals surface area contributed by atoms with Crippen molar-refractivity contribution >= 4 is 11.6 Å². The summed E-state index contributed by atoms with van der Waals surface area (Å²) in [7, 11) is 3.54. The summed E-state index contributed by atoms with van der Waals surface area (Å²) in [5, 5.41) is 27.8. The molecule has 9 nitrogen and oxygen atoms in total. The predicted octanol–water partition coefficient (Wildman–Crippen LogP) is 4.90. The summed E-state index contributed by atoms with van der Waals surface area (Å²) in [4.78, 5) is 29.8. The molecule has 2 N–H and O–H groups in total. The molecular weight excluding hydrogens is 519 g/mol. The molecule has 5 rings (SSSR count). The van der Waals surface area contributed by atoms with E-state index in [1.165, 1.54) is 6.07 Å². The molecule has 0 spiro atoms. The molecule has 216 valence electrons. The highest BCUT2D eigenvalue weighted by molar-refractivity contribution is 6.16. The lowest BCUT2D eigenvalue weighted by atomic mass is 9.58. The minimum Gasteiger partial charge on any atom is -0.508 e. The van der Waals surface area contributed by atoms with Gasteiger partial charge in [0.05, 0.1) is 24.8 Å². The number of ketones is 2. The normalized spacial score (nSPS) is 25.4. The highest BCUT2D eigenvalue weighted by Crippen LogP contribution is 2.56. The van der Waals surface area contributed by atoms with Gasteiger partial charge in [0, 0.05) is 17.1 Å². The van der Waals surface area contributed by atoms with Gasteiger partial charge in [-0.1, -0.05) is 26.7 Å². The van der Waals surface area contributed by atoms with Crippen LogP contribution in [-0.4, -0.2) is 64.7 Å². The van der Waals surface area contributed by atoms with Crippen LogP contribution < -0.4 is 9.47 Å². The number of allylic oxidation sites excluding steroid dienone is 1. The van der Waals surface area contributed by atoms with Crippen molar-refractivity contribution in [2.45, 2.75) is 70.9 Å². The number of hydrogen-bond acceptors (Lipinski definition) is 9. The van der Waals surface area contributed by atoms with Crippen LogP contribution in [0.25, 0.3) is 0 Å². The van der Waals surface area contributed by atoms with Gasteiger partial charge >= 0.3 is 0 Å². The first-order chi connectivity index (χ1) is 19.1. The van der Waals surface area contributed by atoms with E-state index >= 15 is 4.39 Å². The first kappa shape index (κ1) is 28.3. The third kappa shape index (κ3) is 4.15. The monoisotopic (exact) mass is 556 g/mol. The van der Waals surface area contributed by atoms with Crippen molar-refractivity contribution in [2.75, 3.05) is 27.3 Å². The Hall–Kier alpha value is -3.24. The maximum absolute atomic E-state index is 15.3. The average molecular weight is 557 g/mol. The standard InChI is InChI=1S/C30H37FN2O7/c1-6-8-10-38-25-15(3)12-19(31)17-13-16-14-18-23(33(4)5)26-22(29(32-40-26)39-11-9-7-2)28(36)30(18,37)27(35)20(16)24(34)21(17)25/h12,16,18,23,35,37H,6-11,13-14H2,1-5H3/t16?,18-,23-,30-/m0/s1. The van der Waals surface area contributed by atoms with Crippen LogP contribution in [0.2, 0.25) is 0 Å². The molecular formula is C30H37FN2O7. The molecule has 10 heteroatoms. The summed E-state index contributed by atoms with van der Waals surface area (Å²) in [6.07, 6.45) is 3.48.